The molecule has 1 aromatic carbocycles. The molecule has 0 N–H and O–H groups in total. The van der Waals surface area contributed by atoms with Gasteiger partial charge in [-0.05, 0) is 55.6 Å². The van der Waals surface area contributed by atoms with Crippen LogP contribution >= 0.6 is 11.3 Å². The van der Waals surface area contributed by atoms with Gasteiger partial charge in [-0.15, -0.1) is 11.3 Å². The second-order valence-electron chi connectivity index (χ2n) is 9.01. The summed E-state index contributed by atoms with van der Waals surface area (Å²) in [5, 5.41) is 1.27. The van der Waals surface area contributed by atoms with Crippen LogP contribution < -0.4 is 0 Å². The zero-order valence-electron chi connectivity index (χ0n) is 16.3. The molecule has 3 heteroatoms. The lowest BCUT2D eigenvalue weighted by molar-refractivity contribution is 0.0911. The van der Waals surface area contributed by atoms with Gasteiger partial charge in [0.2, 0.25) is 0 Å². The summed E-state index contributed by atoms with van der Waals surface area (Å²) in [6.07, 6.45) is 6.28. The quantitative estimate of drug-likeness (QED) is 0.499. The predicted molar refractivity (Wildman–Crippen MR) is 113 cm³/mol. The van der Waals surface area contributed by atoms with Gasteiger partial charge in [-0.2, -0.15) is 0 Å². The molecule has 2 nitrogen and oxygen atoms in total. The lowest BCUT2D eigenvalue weighted by Crippen LogP contribution is -2.28. The summed E-state index contributed by atoms with van der Waals surface area (Å²) in [6.45, 7) is 6.50. The average Bonchev–Trinajstić information content (AvgIpc) is 2.96. The molecule has 0 radical (unpaired) electrons. The van der Waals surface area contributed by atoms with E-state index in [0.29, 0.717) is 6.42 Å². The van der Waals surface area contributed by atoms with E-state index < -0.39 is 0 Å². The molecule has 5 rings (SSSR count). The molecule has 2 heterocycles. The van der Waals surface area contributed by atoms with Crippen LogP contribution in [0.2, 0.25) is 0 Å². The van der Waals surface area contributed by atoms with Crippen LogP contribution in [-0.4, -0.2) is 10.8 Å². The SMILES string of the molecule is Cc1cccc(-c2c3c(nc4sc5c(c24)CCCC5)CC(C)(C)CC3=O)c1. The number of hydrogen-bond acceptors (Lipinski definition) is 3. The van der Waals surface area contributed by atoms with Crippen LogP contribution in [-0.2, 0) is 19.3 Å². The standard InChI is InChI=1S/C24H25NOS/c1-14-7-6-8-15(11-14)20-21-16-9-4-5-10-19(16)27-23(21)25-17-12-24(2,3)13-18(26)22(17)20/h6-8,11H,4-5,9-10,12-13H2,1-3H3. The smallest absolute Gasteiger partial charge is 0.165 e. The van der Waals surface area contributed by atoms with Gasteiger partial charge in [0.05, 0.1) is 5.69 Å². The van der Waals surface area contributed by atoms with E-state index in [1.54, 1.807) is 0 Å². The van der Waals surface area contributed by atoms with E-state index in [2.05, 4.69) is 45.0 Å². The number of Topliss-reactive ketones (excluding diaryl/α,β-unsaturated/α-hetero) is 1. The molecule has 0 atom stereocenters. The van der Waals surface area contributed by atoms with Gasteiger partial charge in [-0.3, -0.25) is 4.79 Å². The molecular weight excluding hydrogens is 350 g/mol. The van der Waals surface area contributed by atoms with Crippen molar-refractivity contribution in [1.29, 1.82) is 0 Å². The summed E-state index contributed by atoms with van der Waals surface area (Å²) >= 11 is 1.86. The molecule has 3 aromatic rings. The van der Waals surface area contributed by atoms with Crippen LogP contribution in [0.5, 0.6) is 0 Å². The van der Waals surface area contributed by atoms with Crippen LogP contribution in [0.1, 0.15) is 65.2 Å². The van der Waals surface area contributed by atoms with E-state index in [9.17, 15) is 4.79 Å². The normalized spacial score (nSPS) is 18.4. The summed E-state index contributed by atoms with van der Waals surface area (Å²) in [6, 6.07) is 8.64. The fourth-order valence-corrected chi connectivity index (χ4v) is 6.18. The van der Waals surface area contributed by atoms with E-state index in [1.165, 1.54) is 45.4 Å². The van der Waals surface area contributed by atoms with E-state index in [4.69, 9.17) is 4.98 Å². The molecule has 2 aromatic heterocycles. The number of thiophene rings is 1. The first kappa shape index (κ1) is 17.1. The number of fused-ring (bicyclic) bond motifs is 4. The second kappa shape index (κ2) is 6.00. The van der Waals surface area contributed by atoms with Crippen molar-refractivity contribution in [3.8, 4) is 11.1 Å². The van der Waals surface area contributed by atoms with Crippen molar-refractivity contribution in [3.05, 3.63) is 51.5 Å². The van der Waals surface area contributed by atoms with E-state index in [-0.39, 0.29) is 11.2 Å². The molecule has 0 bridgehead atoms. The number of aryl methyl sites for hydroxylation is 3. The molecule has 0 saturated heterocycles. The highest BCUT2D eigenvalue weighted by Gasteiger charge is 2.36. The van der Waals surface area contributed by atoms with Gasteiger partial charge in [0.1, 0.15) is 4.83 Å². The number of carbonyl (C=O) groups is 1. The topological polar surface area (TPSA) is 30.0 Å². The minimum Gasteiger partial charge on any atom is -0.294 e. The molecule has 2 aliphatic carbocycles. The summed E-state index contributed by atoms with van der Waals surface area (Å²) in [7, 11) is 0. The fourth-order valence-electron chi connectivity index (χ4n) is 4.89. The number of aromatic nitrogens is 1. The lowest BCUT2D eigenvalue weighted by Gasteiger charge is -2.31. The minimum atomic E-state index is -0.00842. The van der Waals surface area contributed by atoms with Crippen molar-refractivity contribution in [2.24, 2.45) is 5.41 Å². The van der Waals surface area contributed by atoms with Crippen LogP contribution in [0.15, 0.2) is 24.3 Å². The number of rotatable bonds is 1. The molecule has 27 heavy (non-hydrogen) atoms. The number of ketones is 1. The average molecular weight is 376 g/mol. The summed E-state index contributed by atoms with van der Waals surface area (Å²) in [5.41, 5.74) is 6.95. The molecule has 0 spiro atoms. The first-order valence-electron chi connectivity index (χ1n) is 10.0. The van der Waals surface area contributed by atoms with Crippen LogP contribution in [0.3, 0.4) is 0 Å². The number of benzene rings is 1. The maximum absolute atomic E-state index is 13.3. The minimum absolute atomic E-state index is 0.00842. The van der Waals surface area contributed by atoms with E-state index in [1.807, 2.05) is 11.3 Å². The van der Waals surface area contributed by atoms with Crippen molar-refractivity contribution in [2.45, 2.75) is 59.3 Å². The number of hydrogen-bond donors (Lipinski definition) is 0. The lowest BCUT2D eigenvalue weighted by atomic mass is 9.73. The van der Waals surface area contributed by atoms with Gasteiger partial charge >= 0.3 is 0 Å². The summed E-state index contributed by atoms with van der Waals surface area (Å²) in [5.74, 6) is 0.267. The molecule has 2 aliphatic rings. The molecule has 0 saturated carbocycles. The van der Waals surface area contributed by atoms with Gasteiger partial charge in [-0.25, -0.2) is 4.98 Å². The second-order valence-corrected chi connectivity index (χ2v) is 10.1. The Bertz CT molecular complexity index is 1090. The molecule has 138 valence electrons. The summed E-state index contributed by atoms with van der Waals surface area (Å²) in [4.78, 5) is 21.0. The Labute approximate surface area is 164 Å². The largest absolute Gasteiger partial charge is 0.294 e. The third-order valence-corrected chi connectivity index (χ3v) is 7.23. The van der Waals surface area contributed by atoms with Gasteiger partial charge < -0.3 is 0 Å². The van der Waals surface area contributed by atoms with Gasteiger partial charge in [-0.1, -0.05) is 43.7 Å². The molecule has 0 fully saturated rings. The number of nitrogens with zero attached hydrogens (tertiary/aromatic N) is 1. The molecule has 0 amide bonds. The Balaban J connectivity index is 1.90. The molecule has 0 aliphatic heterocycles. The molecular formula is C24H25NOS. The van der Waals surface area contributed by atoms with E-state index >= 15 is 0 Å². The van der Waals surface area contributed by atoms with Crippen molar-refractivity contribution in [2.75, 3.05) is 0 Å². The Hall–Kier alpha value is -2.00. The zero-order chi connectivity index (χ0) is 18.8. The highest BCUT2D eigenvalue weighted by molar-refractivity contribution is 7.19. The van der Waals surface area contributed by atoms with E-state index in [0.717, 1.165) is 35.4 Å². The Morgan fingerprint density at radius 1 is 1.07 bits per heavy atom. The first-order chi connectivity index (χ1) is 12.9. The highest BCUT2D eigenvalue weighted by atomic mass is 32.1. The first-order valence-corrected chi connectivity index (χ1v) is 10.8. The highest BCUT2D eigenvalue weighted by Crippen LogP contribution is 2.46. The summed E-state index contributed by atoms with van der Waals surface area (Å²) < 4.78 is 0. The third kappa shape index (κ3) is 2.75. The van der Waals surface area contributed by atoms with Crippen molar-refractivity contribution >= 4 is 27.3 Å². The van der Waals surface area contributed by atoms with Crippen LogP contribution in [0.4, 0.5) is 0 Å². The molecule has 0 unspecified atom stereocenters. The van der Waals surface area contributed by atoms with Crippen molar-refractivity contribution < 1.29 is 4.79 Å². The Morgan fingerprint density at radius 2 is 1.89 bits per heavy atom. The van der Waals surface area contributed by atoms with Gasteiger partial charge in [0.15, 0.2) is 5.78 Å². The fraction of sp³-hybridized carbons (Fsp3) is 0.417. The Kier molecular flexibility index (Phi) is 3.80. The maximum atomic E-state index is 13.3. The van der Waals surface area contributed by atoms with Crippen molar-refractivity contribution in [3.63, 3.8) is 0 Å². The third-order valence-electron chi connectivity index (χ3n) is 6.05. The zero-order valence-corrected chi connectivity index (χ0v) is 17.1. The maximum Gasteiger partial charge on any atom is 0.165 e. The Morgan fingerprint density at radius 3 is 2.70 bits per heavy atom. The monoisotopic (exact) mass is 375 g/mol. The predicted octanol–water partition coefficient (Wildman–Crippen LogP) is 6.31. The number of pyridine rings is 1. The van der Waals surface area contributed by atoms with Crippen LogP contribution in [0.25, 0.3) is 21.3 Å². The van der Waals surface area contributed by atoms with Crippen LogP contribution in [0, 0.1) is 12.3 Å². The van der Waals surface area contributed by atoms with Gasteiger partial charge in [0.25, 0.3) is 0 Å². The number of carbonyl (C=O) groups excluding carboxylic acids is 1. The van der Waals surface area contributed by atoms with Crippen molar-refractivity contribution in [1.82, 2.24) is 4.98 Å². The van der Waals surface area contributed by atoms with Gasteiger partial charge in [0, 0.05) is 27.8 Å².